The van der Waals surface area contributed by atoms with Crippen LogP contribution in [0.15, 0.2) is 48.7 Å². The summed E-state index contributed by atoms with van der Waals surface area (Å²) in [6.45, 7) is 12.8. The first-order chi connectivity index (χ1) is 19.4. The summed E-state index contributed by atoms with van der Waals surface area (Å²) in [7, 11) is 2.08. The van der Waals surface area contributed by atoms with E-state index >= 15 is 0 Å². The highest BCUT2D eigenvalue weighted by Gasteiger charge is 2.38. The molecule has 7 heteroatoms. The van der Waals surface area contributed by atoms with Crippen molar-refractivity contribution in [3.63, 3.8) is 0 Å². The highest BCUT2D eigenvalue weighted by molar-refractivity contribution is 8.00. The minimum atomic E-state index is -0.720. The molecule has 3 N–H and O–H groups in total. The van der Waals surface area contributed by atoms with Crippen LogP contribution in [-0.4, -0.2) is 53.1 Å². The molecule has 222 valence electrons. The third kappa shape index (κ3) is 6.95. The molecule has 1 aromatic heterocycles. The van der Waals surface area contributed by atoms with Crippen LogP contribution >= 0.6 is 11.9 Å². The number of benzene rings is 2. The van der Waals surface area contributed by atoms with Crippen molar-refractivity contribution in [2.24, 2.45) is 10.8 Å². The zero-order valence-electron chi connectivity index (χ0n) is 25.7. The Morgan fingerprint density at radius 2 is 1.83 bits per heavy atom. The average molecular weight is 577 g/mol. The molecule has 0 unspecified atom stereocenters. The molecule has 2 aliphatic rings. The molecule has 0 radical (unpaired) electrons. The number of nitrogens with zero attached hydrogens (tertiary/aromatic N) is 2. The van der Waals surface area contributed by atoms with Gasteiger partial charge in [0.1, 0.15) is 0 Å². The van der Waals surface area contributed by atoms with E-state index in [2.05, 4.69) is 79.5 Å². The van der Waals surface area contributed by atoms with Crippen molar-refractivity contribution in [3.8, 4) is 0 Å². The third-order valence-corrected chi connectivity index (χ3v) is 9.86. The van der Waals surface area contributed by atoms with E-state index in [-0.39, 0.29) is 16.7 Å². The van der Waals surface area contributed by atoms with Crippen molar-refractivity contribution in [1.82, 2.24) is 15.2 Å². The highest BCUT2D eigenvalue weighted by atomic mass is 32.2. The number of amides is 1. The monoisotopic (exact) mass is 576 g/mol. The van der Waals surface area contributed by atoms with Gasteiger partial charge in [-0.15, -0.1) is 0 Å². The first kappa shape index (κ1) is 30.0. The summed E-state index contributed by atoms with van der Waals surface area (Å²) in [4.78, 5) is 13.9. The van der Waals surface area contributed by atoms with Gasteiger partial charge in [0.2, 0.25) is 0 Å². The zero-order valence-corrected chi connectivity index (χ0v) is 26.5. The summed E-state index contributed by atoms with van der Waals surface area (Å²) >= 11 is 1.79. The van der Waals surface area contributed by atoms with E-state index < -0.39 is 12.1 Å². The molecule has 2 heterocycles. The Kier molecular flexibility index (Phi) is 8.79. The molecule has 0 saturated heterocycles. The Labute approximate surface area is 250 Å². The minimum absolute atomic E-state index is 0.142. The van der Waals surface area contributed by atoms with Gasteiger partial charge in [-0.05, 0) is 85.1 Å². The van der Waals surface area contributed by atoms with E-state index in [1.54, 1.807) is 11.9 Å². The zero-order chi connectivity index (χ0) is 29.4. The molecule has 2 atom stereocenters. The summed E-state index contributed by atoms with van der Waals surface area (Å²) in [5.41, 5.74) is 5.79. The molecule has 1 aliphatic heterocycles. The van der Waals surface area contributed by atoms with Crippen LogP contribution in [0.4, 0.5) is 5.69 Å². The molecule has 1 fully saturated rings. The fraction of sp³-hybridized carbons (Fsp3) is 0.559. The summed E-state index contributed by atoms with van der Waals surface area (Å²) in [5.74, 6) is 0.875. The lowest BCUT2D eigenvalue weighted by molar-refractivity contribution is 0.0663. The van der Waals surface area contributed by atoms with Crippen molar-refractivity contribution in [2.75, 3.05) is 23.7 Å². The number of carbonyl (C=O) groups is 1. The normalized spacial score (nSPS) is 20.0. The van der Waals surface area contributed by atoms with Gasteiger partial charge in [-0.2, -0.15) is 0 Å². The smallest absolute Gasteiger partial charge is 0.251 e. The van der Waals surface area contributed by atoms with Crippen molar-refractivity contribution in [2.45, 2.75) is 91.5 Å². The second-order valence-corrected chi connectivity index (χ2v) is 15.0. The number of aliphatic hydroxyl groups excluding tert-OH is 1. The maximum absolute atomic E-state index is 13.9. The third-order valence-electron chi connectivity index (χ3n) is 8.89. The van der Waals surface area contributed by atoms with Crippen LogP contribution in [0.25, 0.3) is 10.9 Å². The van der Waals surface area contributed by atoms with Crippen molar-refractivity contribution in [1.29, 1.82) is 0 Å². The molecule has 5 rings (SSSR count). The Hall–Kier alpha value is -2.48. The minimum Gasteiger partial charge on any atom is -0.390 e. The second kappa shape index (κ2) is 12.0. The number of aryl methyl sites for hydroxylation is 2. The summed E-state index contributed by atoms with van der Waals surface area (Å²) in [6.07, 6.45) is 6.50. The number of anilines is 1. The van der Waals surface area contributed by atoms with Gasteiger partial charge in [0.05, 0.1) is 23.3 Å². The van der Waals surface area contributed by atoms with Crippen molar-refractivity contribution in [3.05, 3.63) is 65.4 Å². The van der Waals surface area contributed by atoms with E-state index in [4.69, 9.17) is 0 Å². The maximum atomic E-state index is 13.9. The van der Waals surface area contributed by atoms with Gasteiger partial charge in [-0.25, -0.2) is 0 Å². The van der Waals surface area contributed by atoms with Crippen LogP contribution in [0.1, 0.15) is 75.4 Å². The summed E-state index contributed by atoms with van der Waals surface area (Å²) in [6, 6.07) is 14.1. The predicted octanol–water partition coefficient (Wildman–Crippen LogP) is 6.20. The van der Waals surface area contributed by atoms with Crippen molar-refractivity contribution < 1.29 is 9.90 Å². The van der Waals surface area contributed by atoms with Crippen LogP contribution < -0.4 is 14.9 Å². The molecule has 2 aromatic carbocycles. The Morgan fingerprint density at radius 1 is 1.12 bits per heavy atom. The fourth-order valence-electron chi connectivity index (χ4n) is 7.51. The van der Waals surface area contributed by atoms with Gasteiger partial charge in [-0.1, -0.05) is 58.0 Å². The largest absolute Gasteiger partial charge is 0.390 e. The maximum Gasteiger partial charge on any atom is 0.251 e. The van der Waals surface area contributed by atoms with Gasteiger partial charge in [-0.3, -0.25) is 4.79 Å². The summed E-state index contributed by atoms with van der Waals surface area (Å²) < 4.78 is 4.45. The number of hydrogen-bond donors (Lipinski definition) is 3. The van der Waals surface area contributed by atoms with E-state index in [0.29, 0.717) is 24.6 Å². The van der Waals surface area contributed by atoms with Crippen molar-refractivity contribution >= 4 is 34.4 Å². The molecule has 3 aromatic rings. The molecule has 1 aliphatic carbocycles. The number of rotatable bonds is 9. The molecule has 1 saturated carbocycles. The number of carbonyl (C=O) groups excluding carboxylic acids is 1. The predicted molar refractivity (Wildman–Crippen MR) is 173 cm³/mol. The van der Waals surface area contributed by atoms with E-state index in [1.165, 1.54) is 17.4 Å². The average Bonchev–Trinajstić information content (AvgIpc) is 3.18. The van der Waals surface area contributed by atoms with E-state index in [0.717, 1.165) is 48.3 Å². The van der Waals surface area contributed by atoms with E-state index in [1.807, 2.05) is 30.3 Å². The van der Waals surface area contributed by atoms with Gasteiger partial charge < -0.3 is 24.6 Å². The topological polar surface area (TPSA) is 69.5 Å². The number of nitrogens with one attached hydrogen (secondary N) is 2. The van der Waals surface area contributed by atoms with Crippen LogP contribution in [-0.2, 0) is 19.4 Å². The van der Waals surface area contributed by atoms with Crippen LogP contribution in [0.3, 0.4) is 0 Å². The van der Waals surface area contributed by atoms with Gasteiger partial charge in [0.15, 0.2) is 0 Å². The quantitative estimate of drug-likeness (QED) is 0.265. The lowest BCUT2D eigenvalue weighted by atomic mass is 9.63. The standard InChI is InChI=1S/C34H48N4O2S/c1-7-38-21-24-13-14-41-37(6)28-16-25(17-29(38)31(24)28)32(40)36-27(15-23-11-9-8-10-12-23)30(39)20-35-26-18-33(2,3)22-34(4,5)19-26/h8-12,16-17,21,26-27,30,35,39H,7,13-15,18-20,22H2,1-6H3,(H,36,40)/t27-,30+/m0/s1. The number of aliphatic hydroxyl groups is 1. The SMILES string of the molecule is CCn1cc2c3c(cc(C(=O)N[C@@H](Cc4ccccc4)[C@H](O)CNC4CC(C)(C)CC(C)(C)C4)cc31)N(C)SCC2. The first-order valence-corrected chi connectivity index (χ1v) is 16.2. The van der Waals surface area contributed by atoms with E-state index in [9.17, 15) is 9.90 Å². The second-order valence-electron chi connectivity index (χ2n) is 13.8. The van der Waals surface area contributed by atoms with Gasteiger partial charge in [0.25, 0.3) is 5.91 Å². The molecule has 41 heavy (non-hydrogen) atoms. The van der Waals surface area contributed by atoms with Crippen LogP contribution in [0.2, 0.25) is 0 Å². The highest BCUT2D eigenvalue weighted by Crippen LogP contribution is 2.45. The Bertz CT molecular complexity index is 1350. The molecular weight excluding hydrogens is 528 g/mol. The van der Waals surface area contributed by atoms with Gasteiger partial charge in [0, 0.05) is 49.1 Å². The lowest BCUT2D eigenvalue weighted by Gasteiger charge is -2.45. The Morgan fingerprint density at radius 3 is 2.51 bits per heavy atom. The van der Waals surface area contributed by atoms with Crippen LogP contribution in [0, 0.1) is 10.8 Å². The Balaban J connectivity index is 1.38. The first-order valence-electron chi connectivity index (χ1n) is 15.2. The molecular formula is C34H48N4O2S. The molecule has 6 nitrogen and oxygen atoms in total. The molecule has 1 amide bonds. The fourth-order valence-corrected chi connectivity index (χ4v) is 8.37. The van der Waals surface area contributed by atoms with Crippen LogP contribution in [0.5, 0.6) is 0 Å². The molecule has 0 spiro atoms. The number of aromatic nitrogens is 1. The number of hydrogen-bond acceptors (Lipinski definition) is 5. The molecule has 0 bridgehead atoms. The van der Waals surface area contributed by atoms with Gasteiger partial charge >= 0.3 is 0 Å². The summed E-state index contributed by atoms with van der Waals surface area (Å²) in [5, 5.41) is 19.7. The lowest BCUT2D eigenvalue weighted by Crippen LogP contribution is -2.52.